The van der Waals surface area contributed by atoms with Crippen molar-refractivity contribution in [3.05, 3.63) is 28.5 Å². The van der Waals surface area contributed by atoms with E-state index >= 15 is 0 Å². The first-order chi connectivity index (χ1) is 8.67. The SMILES string of the molecule is CCC1(CC)CCN(Cc2ccc(Br)cn2)CC1. The third kappa shape index (κ3) is 3.33. The average molecular weight is 311 g/mol. The van der Waals surface area contributed by atoms with Crippen LogP contribution in [-0.4, -0.2) is 23.0 Å². The molecule has 2 nitrogen and oxygen atoms in total. The molecule has 2 heterocycles. The summed E-state index contributed by atoms with van der Waals surface area (Å²) in [6.45, 7) is 8.13. The van der Waals surface area contributed by atoms with Crippen molar-refractivity contribution in [2.45, 2.75) is 46.1 Å². The van der Waals surface area contributed by atoms with Crippen LogP contribution in [0.1, 0.15) is 45.2 Å². The molecule has 1 aromatic rings. The van der Waals surface area contributed by atoms with Gasteiger partial charge in [0.15, 0.2) is 0 Å². The van der Waals surface area contributed by atoms with Gasteiger partial charge in [0, 0.05) is 17.2 Å². The Morgan fingerprint density at radius 3 is 2.39 bits per heavy atom. The summed E-state index contributed by atoms with van der Waals surface area (Å²) in [6.07, 6.45) is 7.23. The molecule has 1 aromatic heterocycles. The van der Waals surface area contributed by atoms with E-state index in [9.17, 15) is 0 Å². The van der Waals surface area contributed by atoms with Gasteiger partial charge in [0.2, 0.25) is 0 Å². The summed E-state index contributed by atoms with van der Waals surface area (Å²) >= 11 is 3.43. The van der Waals surface area contributed by atoms with Crippen molar-refractivity contribution in [1.82, 2.24) is 9.88 Å². The average Bonchev–Trinajstić information content (AvgIpc) is 2.43. The van der Waals surface area contributed by atoms with Gasteiger partial charge in [-0.2, -0.15) is 0 Å². The second-order valence-electron chi connectivity index (χ2n) is 5.45. The topological polar surface area (TPSA) is 16.1 Å². The molecular weight excluding hydrogens is 288 g/mol. The van der Waals surface area contributed by atoms with E-state index in [2.05, 4.69) is 51.8 Å². The van der Waals surface area contributed by atoms with Crippen molar-refractivity contribution in [2.75, 3.05) is 13.1 Å². The summed E-state index contributed by atoms with van der Waals surface area (Å²) in [5, 5.41) is 0. The smallest absolute Gasteiger partial charge is 0.0544 e. The highest BCUT2D eigenvalue weighted by Gasteiger charge is 2.31. The summed E-state index contributed by atoms with van der Waals surface area (Å²) in [5.41, 5.74) is 1.79. The minimum Gasteiger partial charge on any atom is -0.297 e. The van der Waals surface area contributed by atoms with Gasteiger partial charge in [-0.25, -0.2) is 0 Å². The Hall–Kier alpha value is -0.410. The molecule has 0 unspecified atom stereocenters. The van der Waals surface area contributed by atoms with Crippen LogP contribution in [0, 0.1) is 5.41 Å². The van der Waals surface area contributed by atoms with Gasteiger partial charge >= 0.3 is 0 Å². The number of nitrogens with zero attached hydrogens (tertiary/aromatic N) is 2. The lowest BCUT2D eigenvalue weighted by molar-refractivity contribution is 0.0901. The Morgan fingerprint density at radius 2 is 1.89 bits per heavy atom. The molecule has 0 aromatic carbocycles. The largest absolute Gasteiger partial charge is 0.297 e. The molecular formula is C15H23BrN2. The summed E-state index contributed by atoms with van der Waals surface area (Å²) in [6, 6.07) is 4.19. The van der Waals surface area contributed by atoms with E-state index in [1.54, 1.807) is 0 Å². The molecule has 0 radical (unpaired) electrons. The van der Waals surface area contributed by atoms with Crippen LogP contribution < -0.4 is 0 Å². The van der Waals surface area contributed by atoms with E-state index in [0.29, 0.717) is 5.41 Å². The zero-order valence-electron chi connectivity index (χ0n) is 11.5. The third-order valence-corrected chi connectivity index (χ3v) is 5.06. The Bertz CT molecular complexity index is 361. The monoisotopic (exact) mass is 310 g/mol. The summed E-state index contributed by atoms with van der Waals surface area (Å²) in [7, 11) is 0. The number of aromatic nitrogens is 1. The predicted octanol–water partition coefficient (Wildman–Crippen LogP) is 4.25. The minimum absolute atomic E-state index is 0.615. The molecule has 0 aliphatic carbocycles. The molecule has 2 rings (SSSR count). The minimum atomic E-state index is 0.615. The molecule has 0 bridgehead atoms. The molecule has 0 atom stereocenters. The lowest BCUT2D eigenvalue weighted by atomic mass is 9.74. The van der Waals surface area contributed by atoms with Gasteiger partial charge in [-0.15, -0.1) is 0 Å². The van der Waals surface area contributed by atoms with E-state index in [4.69, 9.17) is 0 Å². The maximum Gasteiger partial charge on any atom is 0.0544 e. The van der Waals surface area contributed by atoms with Crippen molar-refractivity contribution in [2.24, 2.45) is 5.41 Å². The molecule has 0 spiro atoms. The fraction of sp³-hybridized carbons (Fsp3) is 0.667. The van der Waals surface area contributed by atoms with E-state index < -0.39 is 0 Å². The molecule has 0 amide bonds. The second-order valence-corrected chi connectivity index (χ2v) is 6.37. The Labute approximate surface area is 119 Å². The summed E-state index contributed by atoms with van der Waals surface area (Å²) in [5.74, 6) is 0. The first-order valence-corrected chi connectivity index (χ1v) is 7.79. The van der Waals surface area contributed by atoms with Crippen LogP contribution in [0.5, 0.6) is 0 Å². The second kappa shape index (κ2) is 6.16. The van der Waals surface area contributed by atoms with Gasteiger partial charge in [0.05, 0.1) is 5.69 Å². The van der Waals surface area contributed by atoms with E-state index in [0.717, 1.165) is 11.0 Å². The lowest BCUT2D eigenvalue weighted by Crippen LogP contribution is -2.39. The first kappa shape index (κ1) is 14.0. The Kier molecular flexibility index (Phi) is 4.79. The standard InChI is InChI=1S/C15H23BrN2/c1-3-15(4-2)7-9-18(10-8-15)12-14-6-5-13(16)11-17-14/h5-6,11H,3-4,7-10,12H2,1-2H3. The summed E-state index contributed by atoms with van der Waals surface area (Å²) in [4.78, 5) is 7.00. The van der Waals surface area contributed by atoms with Crippen molar-refractivity contribution in [3.8, 4) is 0 Å². The van der Waals surface area contributed by atoms with Crippen LogP contribution in [0.4, 0.5) is 0 Å². The van der Waals surface area contributed by atoms with Crippen molar-refractivity contribution in [1.29, 1.82) is 0 Å². The van der Waals surface area contributed by atoms with Gasteiger partial charge in [0.25, 0.3) is 0 Å². The van der Waals surface area contributed by atoms with Gasteiger partial charge in [-0.3, -0.25) is 9.88 Å². The molecule has 1 aliphatic rings. The van der Waals surface area contributed by atoms with E-state index in [1.165, 1.54) is 44.5 Å². The number of halogens is 1. The molecule has 1 aliphatic heterocycles. The maximum atomic E-state index is 4.46. The Balaban J connectivity index is 1.88. The number of hydrogen-bond donors (Lipinski definition) is 0. The third-order valence-electron chi connectivity index (χ3n) is 4.59. The van der Waals surface area contributed by atoms with E-state index in [1.807, 2.05) is 6.20 Å². The van der Waals surface area contributed by atoms with Crippen molar-refractivity contribution in [3.63, 3.8) is 0 Å². The van der Waals surface area contributed by atoms with Crippen LogP contribution in [0.3, 0.4) is 0 Å². The molecule has 0 saturated carbocycles. The van der Waals surface area contributed by atoms with Crippen LogP contribution in [0.25, 0.3) is 0 Å². The van der Waals surface area contributed by atoms with Crippen molar-refractivity contribution >= 4 is 15.9 Å². The van der Waals surface area contributed by atoms with Gasteiger partial charge in [-0.05, 0) is 59.4 Å². The number of pyridine rings is 1. The molecule has 18 heavy (non-hydrogen) atoms. The zero-order valence-corrected chi connectivity index (χ0v) is 13.0. The molecule has 0 N–H and O–H groups in total. The normalized spacial score (nSPS) is 19.9. The number of piperidine rings is 1. The quantitative estimate of drug-likeness (QED) is 0.826. The highest BCUT2D eigenvalue weighted by molar-refractivity contribution is 9.10. The fourth-order valence-electron chi connectivity index (χ4n) is 2.87. The van der Waals surface area contributed by atoms with Crippen molar-refractivity contribution < 1.29 is 0 Å². The number of rotatable bonds is 4. The highest BCUT2D eigenvalue weighted by atomic mass is 79.9. The first-order valence-electron chi connectivity index (χ1n) is 7.00. The number of hydrogen-bond acceptors (Lipinski definition) is 2. The number of likely N-dealkylation sites (tertiary alicyclic amines) is 1. The predicted molar refractivity (Wildman–Crippen MR) is 79.5 cm³/mol. The zero-order chi connectivity index (χ0) is 13.0. The summed E-state index contributed by atoms with van der Waals surface area (Å²) < 4.78 is 1.06. The maximum absolute atomic E-state index is 4.46. The van der Waals surface area contributed by atoms with Crippen LogP contribution in [0.15, 0.2) is 22.8 Å². The van der Waals surface area contributed by atoms with Gasteiger partial charge < -0.3 is 0 Å². The van der Waals surface area contributed by atoms with Crippen LogP contribution in [0.2, 0.25) is 0 Å². The highest BCUT2D eigenvalue weighted by Crippen LogP contribution is 2.38. The lowest BCUT2D eigenvalue weighted by Gasteiger charge is -2.40. The van der Waals surface area contributed by atoms with E-state index in [-0.39, 0.29) is 0 Å². The molecule has 100 valence electrons. The molecule has 3 heteroatoms. The fourth-order valence-corrected chi connectivity index (χ4v) is 3.11. The van der Waals surface area contributed by atoms with Gasteiger partial charge in [0.1, 0.15) is 0 Å². The van der Waals surface area contributed by atoms with Crippen LogP contribution >= 0.6 is 15.9 Å². The molecule has 1 saturated heterocycles. The van der Waals surface area contributed by atoms with Gasteiger partial charge in [-0.1, -0.05) is 26.7 Å². The Morgan fingerprint density at radius 1 is 1.22 bits per heavy atom. The van der Waals surface area contributed by atoms with Crippen LogP contribution in [-0.2, 0) is 6.54 Å². The molecule has 1 fully saturated rings.